The molecule has 0 radical (unpaired) electrons. The van der Waals surface area contributed by atoms with Gasteiger partial charge in [-0.15, -0.1) is 22.7 Å². The summed E-state index contributed by atoms with van der Waals surface area (Å²) in [4.78, 5) is 5.06. The van der Waals surface area contributed by atoms with Gasteiger partial charge in [-0.3, -0.25) is 0 Å². The van der Waals surface area contributed by atoms with Crippen LogP contribution in [0.5, 0.6) is 5.75 Å². The summed E-state index contributed by atoms with van der Waals surface area (Å²) in [5.74, 6) is 1.68. The summed E-state index contributed by atoms with van der Waals surface area (Å²) in [5.41, 5.74) is 12.3. The largest absolute Gasteiger partial charge is 0.507 e. The number of unbranched alkanes of at least 4 members (excludes halogenated alkanes) is 4. The van der Waals surface area contributed by atoms with Gasteiger partial charge in [-0.25, -0.2) is 0 Å². The molecule has 61 heavy (non-hydrogen) atoms. The molecule has 7 heteroatoms. The lowest BCUT2D eigenvalue weighted by molar-refractivity contribution is 0.444. The molecule has 0 aliphatic rings. The minimum atomic E-state index is 0.280. The minimum Gasteiger partial charge on any atom is -0.507 e. The van der Waals surface area contributed by atoms with Gasteiger partial charge in [0.05, 0.1) is 11.7 Å². The van der Waals surface area contributed by atoms with E-state index in [2.05, 4.69) is 125 Å². The second-order valence-electron chi connectivity index (χ2n) is 17.3. The Bertz CT molecular complexity index is 2380. The number of fused-ring (bicyclic) bond motifs is 2. The summed E-state index contributed by atoms with van der Waals surface area (Å²) in [5, 5.41) is 11.7. The Balaban J connectivity index is 1.14. The normalized spacial score (nSPS) is 12.8. The highest BCUT2D eigenvalue weighted by molar-refractivity contribution is 7.31. The second-order valence-corrected chi connectivity index (χ2v) is 20.0. The predicted molar refractivity (Wildman–Crippen MR) is 270 cm³/mol. The number of aromatic hydroxyl groups is 1. The molecule has 0 spiro atoms. The van der Waals surface area contributed by atoms with Crippen LogP contribution in [-0.2, 0) is 12.8 Å². The molecule has 0 saturated heterocycles. The Kier molecular flexibility index (Phi) is 16.1. The van der Waals surface area contributed by atoms with E-state index in [9.17, 15) is 5.11 Å². The molecule has 7 rings (SSSR count). The number of phenols is 1. The quantitative estimate of drug-likeness (QED) is 0.0696. The number of aromatic nitrogens is 2. The van der Waals surface area contributed by atoms with Gasteiger partial charge in [-0.2, -0.15) is 8.75 Å². The molecular weight excluding hydrogens is 803 g/mol. The van der Waals surface area contributed by atoms with Crippen LogP contribution in [0.1, 0.15) is 130 Å². The van der Waals surface area contributed by atoms with Crippen LogP contribution in [0.25, 0.3) is 63.6 Å². The van der Waals surface area contributed by atoms with Crippen molar-refractivity contribution in [3.05, 3.63) is 96.1 Å². The molecule has 1 N–H and O–H groups in total. The molecule has 4 nitrogen and oxygen atoms in total. The Hall–Kier alpha value is -4.04. The van der Waals surface area contributed by atoms with Gasteiger partial charge in [0.15, 0.2) is 0 Å². The number of phenolic OH excluding ortho intramolecular Hbond substituents is 1. The summed E-state index contributed by atoms with van der Waals surface area (Å²) in [6.07, 6.45) is 17.2. The number of rotatable bonds is 23. The molecule has 0 bridgehead atoms. The first-order valence-corrected chi connectivity index (χ1v) is 25.8. The lowest BCUT2D eigenvalue weighted by atomic mass is 9.86. The zero-order valence-corrected chi connectivity index (χ0v) is 40.0. The van der Waals surface area contributed by atoms with Gasteiger partial charge in [0.1, 0.15) is 16.8 Å². The van der Waals surface area contributed by atoms with E-state index in [0.717, 1.165) is 59.2 Å². The first-order valence-electron chi connectivity index (χ1n) is 23.5. The SMILES string of the molecule is CCCCC(CC)Cc1cc(CC(CC)CCCC)cc(-c2ccc(-c3ccc(-c4cc5sc(-c6ccc(N(CCCC)CCCC)cc6)cc5s4)c4nsnc34)c(O)c2)c1. The highest BCUT2D eigenvalue weighted by Gasteiger charge is 2.20. The van der Waals surface area contributed by atoms with Crippen molar-refractivity contribution in [2.24, 2.45) is 11.8 Å². The Morgan fingerprint density at radius 1 is 0.525 bits per heavy atom. The Morgan fingerprint density at radius 2 is 1.05 bits per heavy atom. The van der Waals surface area contributed by atoms with E-state index in [4.69, 9.17) is 8.75 Å². The van der Waals surface area contributed by atoms with E-state index in [0.29, 0.717) is 11.8 Å². The number of anilines is 1. The molecule has 0 aliphatic heterocycles. The minimum absolute atomic E-state index is 0.280. The number of nitrogens with zero attached hydrogens (tertiary/aromatic N) is 3. The van der Waals surface area contributed by atoms with Crippen LogP contribution in [0.2, 0.25) is 0 Å². The second kappa shape index (κ2) is 21.8. The van der Waals surface area contributed by atoms with Crippen LogP contribution in [0.3, 0.4) is 0 Å². The molecule has 3 heterocycles. The highest BCUT2D eigenvalue weighted by Crippen LogP contribution is 2.45. The maximum absolute atomic E-state index is 11.7. The van der Waals surface area contributed by atoms with Crippen LogP contribution in [0.15, 0.2) is 84.9 Å². The van der Waals surface area contributed by atoms with Gasteiger partial charge in [0, 0.05) is 54.6 Å². The summed E-state index contributed by atoms with van der Waals surface area (Å²) >= 11 is 4.93. The first-order chi connectivity index (χ1) is 29.9. The van der Waals surface area contributed by atoms with Gasteiger partial charge >= 0.3 is 0 Å². The molecule has 0 aliphatic carbocycles. The van der Waals surface area contributed by atoms with Gasteiger partial charge < -0.3 is 10.0 Å². The number of thiophene rings is 2. The Labute approximate surface area is 378 Å². The third kappa shape index (κ3) is 11.0. The fourth-order valence-electron chi connectivity index (χ4n) is 8.96. The lowest BCUT2D eigenvalue weighted by Gasteiger charge is -2.24. The summed E-state index contributed by atoms with van der Waals surface area (Å²) < 4.78 is 12.2. The standard InChI is InChI=1S/C54H67N3OS3/c1-7-13-17-37(11-5)29-39-31-40(30-38(12-6)18-14-8-2)33-43(32-39)42-21-24-45(48(58)34-42)46-25-26-47(54-53(46)55-61-56-54)50-36-52-51(60-50)35-49(59-52)41-19-22-44(23-20-41)57(27-15-9-3)28-16-10-4/h19-26,31-38,58H,7-18,27-30H2,1-6H3. The zero-order valence-electron chi connectivity index (χ0n) is 37.6. The summed E-state index contributed by atoms with van der Waals surface area (Å²) in [7, 11) is 0. The van der Waals surface area contributed by atoms with Crippen LogP contribution < -0.4 is 4.90 Å². The van der Waals surface area contributed by atoms with Gasteiger partial charge in [-0.1, -0.05) is 154 Å². The summed E-state index contributed by atoms with van der Waals surface area (Å²) in [6, 6.07) is 31.7. The Morgan fingerprint density at radius 3 is 1.62 bits per heavy atom. The van der Waals surface area contributed by atoms with Crippen molar-refractivity contribution in [2.45, 2.75) is 131 Å². The van der Waals surface area contributed by atoms with Crippen molar-refractivity contribution in [3.8, 4) is 48.9 Å². The van der Waals surface area contributed by atoms with Crippen molar-refractivity contribution in [3.63, 3.8) is 0 Å². The predicted octanol–water partition coefficient (Wildman–Crippen LogP) is 17.3. The smallest absolute Gasteiger partial charge is 0.124 e. The number of hydrogen-bond donors (Lipinski definition) is 1. The van der Waals surface area contributed by atoms with E-state index in [1.54, 1.807) is 0 Å². The van der Waals surface area contributed by atoms with E-state index < -0.39 is 0 Å². The third-order valence-electron chi connectivity index (χ3n) is 12.8. The van der Waals surface area contributed by atoms with E-state index in [1.807, 2.05) is 28.7 Å². The van der Waals surface area contributed by atoms with Gasteiger partial charge in [0.25, 0.3) is 0 Å². The van der Waals surface area contributed by atoms with Crippen molar-refractivity contribution in [2.75, 3.05) is 18.0 Å². The number of hydrogen-bond acceptors (Lipinski definition) is 7. The molecule has 2 atom stereocenters. The van der Waals surface area contributed by atoms with Crippen LogP contribution in [0.4, 0.5) is 5.69 Å². The molecule has 0 fully saturated rings. The average Bonchev–Trinajstić information content (AvgIpc) is 4.03. The molecule has 4 aromatic carbocycles. The third-order valence-corrected chi connectivity index (χ3v) is 15.7. The zero-order chi connectivity index (χ0) is 42.7. The molecule has 0 amide bonds. The van der Waals surface area contributed by atoms with E-state index in [1.165, 1.54) is 136 Å². The molecular formula is C54H67N3OS3. The van der Waals surface area contributed by atoms with Crippen LogP contribution in [0, 0.1) is 11.8 Å². The molecule has 322 valence electrons. The molecule has 3 aromatic heterocycles. The topological polar surface area (TPSA) is 49.2 Å². The van der Waals surface area contributed by atoms with E-state index in [-0.39, 0.29) is 5.75 Å². The summed E-state index contributed by atoms with van der Waals surface area (Å²) in [6.45, 7) is 16.1. The van der Waals surface area contributed by atoms with Crippen molar-refractivity contribution in [1.82, 2.24) is 8.75 Å². The van der Waals surface area contributed by atoms with Crippen molar-refractivity contribution < 1.29 is 5.11 Å². The maximum atomic E-state index is 11.7. The van der Waals surface area contributed by atoms with Gasteiger partial charge in [0.2, 0.25) is 0 Å². The number of benzene rings is 4. The molecule has 2 unspecified atom stereocenters. The van der Waals surface area contributed by atoms with Crippen molar-refractivity contribution in [1.29, 1.82) is 0 Å². The van der Waals surface area contributed by atoms with Crippen LogP contribution >= 0.6 is 34.4 Å². The molecule has 7 aromatic rings. The molecule has 0 saturated carbocycles. The lowest BCUT2D eigenvalue weighted by Crippen LogP contribution is -2.25. The fraction of sp³-hybridized carbons (Fsp3) is 0.444. The van der Waals surface area contributed by atoms with Crippen molar-refractivity contribution >= 4 is 60.5 Å². The van der Waals surface area contributed by atoms with E-state index >= 15 is 0 Å². The maximum Gasteiger partial charge on any atom is 0.124 e. The fourth-order valence-corrected chi connectivity index (χ4v) is 12.0. The average molecular weight is 870 g/mol. The van der Waals surface area contributed by atoms with Gasteiger partial charge in [-0.05, 0) is 102 Å². The highest BCUT2D eigenvalue weighted by atomic mass is 32.1. The monoisotopic (exact) mass is 869 g/mol. The van der Waals surface area contributed by atoms with Crippen LogP contribution in [-0.4, -0.2) is 26.9 Å². The first kappa shape index (κ1) is 45.0.